The fourth-order valence-corrected chi connectivity index (χ4v) is 3.31. The van der Waals surface area contributed by atoms with Crippen LogP contribution in [0.2, 0.25) is 0 Å². The van der Waals surface area contributed by atoms with Crippen molar-refractivity contribution in [1.29, 1.82) is 0 Å². The number of hydrogen-bond acceptors (Lipinski definition) is 3. The van der Waals surface area contributed by atoms with Crippen LogP contribution in [0.3, 0.4) is 0 Å². The van der Waals surface area contributed by atoms with Crippen LogP contribution in [0, 0.1) is 6.92 Å². The van der Waals surface area contributed by atoms with Gasteiger partial charge in [-0.05, 0) is 60.4 Å². The van der Waals surface area contributed by atoms with E-state index in [1.54, 1.807) is 12.1 Å². The smallest absolute Gasteiger partial charge is 0.338 e. The molecule has 1 aliphatic rings. The molecule has 0 saturated carbocycles. The molecule has 0 amide bonds. The Balaban J connectivity index is 1.31. The molecule has 0 radical (unpaired) electrons. The fourth-order valence-electron chi connectivity index (χ4n) is 3.31. The van der Waals surface area contributed by atoms with Gasteiger partial charge >= 0.3 is 5.97 Å². The van der Waals surface area contributed by atoms with E-state index in [0.29, 0.717) is 12.2 Å². The Morgan fingerprint density at radius 2 is 1.77 bits per heavy atom. The highest BCUT2D eigenvalue weighted by Gasteiger charge is 2.15. The molecule has 0 atom stereocenters. The summed E-state index contributed by atoms with van der Waals surface area (Å²) in [7, 11) is 0. The summed E-state index contributed by atoms with van der Waals surface area (Å²) in [5.74, 6) is -0.257. The molecule has 3 aromatic rings. The number of carbonyl (C=O) groups is 1. The average molecular weight is 343 g/mol. The molecule has 0 unspecified atom stereocenters. The third-order valence-corrected chi connectivity index (χ3v) is 4.75. The van der Waals surface area contributed by atoms with Crippen molar-refractivity contribution in [3.05, 3.63) is 77.4 Å². The standard InChI is InChI=1S/C23H21NO2/c1-16-8-10-17(11-9-16)23(25)26-12-4-7-21-14-20-13-18-5-2-3-6-19(18)15-22(20)24-21/h2-3,5-6,8-11,13,15H,4,7,12,14H2,1H3. The van der Waals surface area contributed by atoms with Crippen LogP contribution in [0.5, 0.6) is 0 Å². The summed E-state index contributed by atoms with van der Waals surface area (Å²) >= 11 is 0. The van der Waals surface area contributed by atoms with E-state index in [1.165, 1.54) is 22.0 Å². The summed E-state index contributed by atoms with van der Waals surface area (Å²) < 4.78 is 5.37. The zero-order valence-corrected chi connectivity index (χ0v) is 14.9. The van der Waals surface area contributed by atoms with Gasteiger partial charge in [-0.1, -0.05) is 42.0 Å². The molecule has 1 aliphatic heterocycles. The van der Waals surface area contributed by atoms with E-state index in [0.717, 1.165) is 30.5 Å². The molecule has 3 heteroatoms. The summed E-state index contributed by atoms with van der Waals surface area (Å²) in [4.78, 5) is 16.8. The van der Waals surface area contributed by atoms with Gasteiger partial charge in [0.2, 0.25) is 0 Å². The van der Waals surface area contributed by atoms with Crippen molar-refractivity contribution in [3.8, 4) is 0 Å². The van der Waals surface area contributed by atoms with Gasteiger partial charge in [-0.15, -0.1) is 0 Å². The third-order valence-electron chi connectivity index (χ3n) is 4.75. The second kappa shape index (κ2) is 7.12. The maximum atomic E-state index is 12.0. The van der Waals surface area contributed by atoms with Crippen LogP contribution in [0.25, 0.3) is 10.8 Å². The van der Waals surface area contributed by atoms with Gasteiger partial charge in [-0.3, -0.25) is 4.99 Å². The summed E-state index contributed by atoms with van der Waals surface area (Å²) in [6, 6.07) is 20.2. The molecule has 0 saturated heterocycles. The molecule has 3 nitrogen and oxygen atoms in total. The summed E-state index contributed by atoms with van der Waals surface area (Å²) in [5.41, 5.74) is 5.27. The van der Waals surface area contributed by atoms with Gasteiger partial charge in [0.05, 0.1) is 17.9 Å². The van der Waals surface area contributed by atoms with Crippen molar-refractivity contribution in [2.24, 2.45) is 4.99 Å². The van der Waals surface area contributed by atoms with Crippen LogP contribution < -0.4 is 0 Å². The molecule has 3 aromatic carbocycles. The highest BCUT2D eigenvalue weighted by Crippen LogP contribution is 2.32. The quantitative estimate of drug-likeness (QED) is 0.459. The average Bonchev–Trinajstić information content (AvgIpc) is 3.05. The zero-order valence-electron chi connectivity index (χ0n) is 14.9. The van der Waals surface area contributed by atoms with Crippen molar-refractivity contribution in [2.75, 3.05) is 6.61 Å². The number of nitrogens with zero attached hydrogens (tertiary/aromatic N) is 1. The van der Waals surface area contributed by atoms with Crippen molar-refractivity contribution in [2.45, 2.75) is 26.2 Å². The molecule has 0 spiro atoms. The van der Waals surface area contributed by atoms with Gasteiger partial charge in [0.15, 0.2) is 0 Å². The van der Waals surface area contributed by atoms with Crippen molar-refractivity contribution in [3.63, 3.8) is 0 Å². The number of aryl methyl sites for hydroxylation is 1. The normalized spacial score (nSPS) is 12.7. The van der Waals surface area contributed by atoms with Crippen LogP contribution in [0.4, 0.5) is 5.69 Å². The molecular formula is C23H21NO2. The Labute approximate surface area is 153 Å². The predicted octanol–water partition coefficient (Wildman–Crippen LogP) is 5.41. The minimum Gasteiger partial charge on any atom is -0.462 e. The van der Waals surface area contributed by atoms with Gasteiger partial charge in [0.25, 0.3) is 0 Å². The van der Waals surface area contributed by atoms with E-state index >= 15 is 0 Å². The van der Waals surface area contributed by atoms with E-state index in [-0.39, 0.29) is 5.97 Å². The first kappa shape index (κ1) is 16.5. The number of rotatable bonds is 5. The Hall–Kier alpha value is -2.94. The van der Waals surface area contributed by atoms with Gasteiger partial charge in [0, 0.05) is 12.1 Å². The second-order valence-electron chi connectivity index (χ2n) is 6.79. The van der Waals surface area contributed by atoms with E-state index in [1.807, 2.05) is 19.1 Å². The van der Waals surface area contributed by atoms with Crippen molar-refractivity contribution in [1.82, 2.24) is 0 Å². The third kappa shape index (κ3) is 3.52. The Kier molecular flexibility index (Phi) is 4.53. The fraction of sp³-hybridized carbons (Fsp3) is 0.217. The van der Waals surface area contributed by atoms with Gasteiger partial charge in [-0.25, -0.2) is 4.79 Å². The van der Waals surface area contributed by atoms with Crippen LogP contribution >= 0.6 is 0 Å². The first-order valence-electron chi connectivity index (χ1n) is 9.01. The molecule has 4 rings (SSSR count). The number of fused-ring (bicyclic) bond motifs is 2. The molecule has 0 N–H and O–H groups in total. The monoisotopic (exact) mass is 343 g/mol. The lowest BCUT2D eigenvalue weighted by Gasteiger charge is -2.05. The lowest BCUT2D eigenvalue weighted by molar-refractivity contribution is 0.0502. The molecule has 130 valence electrons. The zero-order chi connectivity index (χ0) is 17.9. The highest BCUT2D eigenvalue weighted by atomic mass is 16.5. The van der Waals surface area contributed by atoms with E-state index in [9.17, 15) is 4.79 Å². The van der Waals surface area contributed by atoms with Crippen LogP contribution in [-0.4, -0.2) is 18.3 Å². The molecule has 1 heterocycles. The first-order chi connectivity index (χ1) is 12.7. The number of hydrogen-bond donors (Lipinski definition) is 0. The summed E-state index contributed by atoms with van der Waals surface area (Å²) in [6.07, 6.45) is 2.54. The largest absolute Gasteiger partial charge is 0.462 e. The van der Waals surface area contributed by atoms with Gasteiger partial charge in [0.1, 0.15) is 0 Å². The number of carbonyl (C=O) groups excluding carboxylic acids is 1. The topological polar surface area (TPSA) is 38.7 Å². The highest BCUT2D eigenvalue weighted by molar-refractivity contribution is 5.98. The molecule has 0 aliphatic carbocycles. The molecule has 0 fully saturated rings. The first-order valence-corrected chi connectivity index (χ1v) is 9.01. The van der Waals surface area contributed by atoms with E-state index < -0.39 is 0 Å². The van der Waals surface area contributed by atoms with Crippen molar-refractivity contribution < 1.29 is 9.53 Å². The van der Waals surface area contributed by atoms with Crippen LogP contribution in [0.1, 0.15) is 34.3 Å². The maximum absolute atomic E-state index is 12.0. The maximum Gasteiger partial charge on any atom is 0.338 e. The predicted molar refractivity (Wildman–Crippen MR) is 105 cm³/mol. The minimum absolute atomic E-state index is 0.257. The lowest BCUT2D eigenvalue weighted by atomic mass is 10.0. The summed E-state index contributed by atoms with van der Waals surface area (Å²) in [5, 5.41) is 2.48. The van der Waals surface area contributed by atoms with Crippen LogP contribution in [0.15, 0.2) is 65.7 Å². The molecular weight excluding hydrogens is 322 g/mol. The van der Waals surface area contributed by atoms with Crippen LogP contribution in [-0.2, 0) is 11.2 Å². The lowest BCUT2D eigenvalue weighted by Crippen LogP contribution is -2.08. The Morgan fingerprint density at radius 3 is 2.54 bits per heavy atom. The van der Waals surface area contributed by atoms with E-state index in [2.05, 4.69) is 36.4 Å². The van der Waals surface area contributed by atoms with Gasteiger partial charge in [-0.2, -0.15) is 0 Å². The van der Waals surface area contributed by atoms with Gasteiger partial charge < -0.3 is 4.74 Å². The number of esters is 1. The van der Waals surface area contributed by atoms with E-state index in [4.69, 9.17) is 9.73 Å². The number of benzene rings is 3. The number of ether oxygens (including phenoxy) is 1. The number of aliphatic imine (C=N–C) groups is 1. The molecule has 0 bridgehead atoms. The molecule has 0 aromatic heterocycles. The summed E-state index contributed by atoms with van der Waals surface area (Å²) in [6.45, 7) is 2.42. The second-order valence-corrected chi connectivity index (χ2v) is 6.79. The molecule has 26 heavy (non-hydrogen) atoms. The SMILES string of the molecule is Cc1ccc(C(=O)OCCCC2=Nc3cc4ccccc4cc3C2)cc1. The van der Waals surface area contributed by atoms with Crippen molar-refractivity contribution >= 4 is 28.1 Å². The Bertz CT molecular complexity index is 987. The Morgan fingerprint density at radius 1 is 1.04 bits per heavy atom. The minimum atomic E-state index is -0.257.